The molecule has 26 heavy (non-hydrogen) atoms. The van der Waals surface area contributed by atoms with Gasteiger partial charge in [0.15, 0.2) is 0 Å². The van der Waals surface area contributed by atoms with Crippen molar-refractivity contribution in [1.82, 2.24) is 19.7 Å². The fourth-order valence-corrected chi connectivity index (χ4v) is 4.58. The van der Waals surface area contributed by atoms with E-state index >= 15 is 0 Å². The summed E-state index contributed by atoms with van der Waals surface area (Å²) >= 11 is 6.12. The van der Waals surface area contributed by atoms with Crippen molar-refractivity contribution < 1.29 is 9.53 Å². The van der Waals surface area contributed by atoms with Crippen LogP contribution in [0.4, 0.5) is 0 Å². The summed E-state index contributed by atoms with van der Waals surface area (Å²) < 4.78 is 7.47. The van der Waals surface area contributed by atoms with E-state index in [0.29, 0.717) is 22.9 Å². The van der Waals surface area contributed by atoms with Crippen molar-refractivity contribution >= 4 is 17.5 Å². The smallest absolute Gasteiger partial charge is 0.257 e. The molecule has 1 saturated heterocycles. The Bertz CT molecular complexity index is 831. The molecule has 2 aromatic rings. The highest BCUT2D eigenvalue weighted by Crippen LogP contribution is 2.55. The topological polar surface area (TPSA) is 60.2 Å². The van der Waals surface area contributed by atoms with Crippen LogP contribution in [0.25, 0.3) is 0 Å². The Morgan fingerprint density at radius 3 is 2.88 bits per heavy atom. The fraction of sp³-hybridized carbons (Fsp3) is 0.526. The van der Waals surface area contributed by atoms with Crippen LogP contribution in [-0.4, -0.2) is 45.8 Å². The summed E-state index contributed by atoms with van der Waals surface area (Å²) in [6.45, 7) is 4.34. The summed E-state index contributed by atoms with van der Waals surface area (Å²) in [5.74, 6) is 1.76. The molecule has 1 amide bonds. The number of aromatic nitrogens is 3. The van der Waals surface area contributed by atoms with E-state index in [-0.39, 0.29) is 17.2 Å². The molecule has 0 radical (unpaired) electrons. The van der Waals surface area contributed by atoms with E-state index < -0.39 is 0 Å². The predicted molar refractivity (Wildman–Crippen MR) is 98.6 cm³/mol. The number of hydrogen-bond donors (Lipinski definition) is 0. The van der Waals surface area contributed by atoms with E-state index in [0.717, 1.165) is 31.8 Å². The monoisotopic (exact) mass is 374 g/mol. The van der Waals surface area contributed by atoms with E-state index in [1.807, 2.05) is 4.90 Å². The van der Waals surface area contributed by atoms with Crippen molar-refractivity contribution in [3.05, 3.63) is 40.9 Å². The molecule has 138 valence electrons. The van der Waals surface area contributed by atoms with Crippen LogP contribution >= 0.6 is 11.6 Å². The van der Waals surface area contributed by atoms with E-state index in [1.54, 1.807) is 31.6 Å². The second-order valence-corrected chi connectivity index (χ2v) is 7.71. The first-order valence-electron chi connectivity index (χ1n) is 9.08. The van der Waals surface area contributed by atoms with Crippen LogP contribution in [-0.2, 0) is 6.54 Å². The molecule has 0 bridgehead atoms. The molecule has 1 aromatic heterocycles. The molecule has 2 aliphatic rings. The van der Waals surface area contributed by atoms with Gasteiger partial charge in [-0.3, -0.25) is 4.79 Å². The Balaban J connectivity index is 1.65. The molecule has 4 rings (SSSR count). The van der Waals surface area contributed by atoms with Crippen LogP contribution in [0, 0.1) is 5.41 Å². The standard InChI is InChI=1S/C19H23ClN4O2/c1-3-23-12-21-22-17(23)15-10-24(11-19(15)7-4-8-19)18(25)14-9-13(20)5-6-16(14)26-2/h5-6,9,12,15H,3-4,7-8,10-11H2,1-2H3. The number of aryl methyl sites for hydroxylation is 1. The molecular weight excluding hydrogens is 352 g/mol. The van der Waals surface area contributed by atoms with E-state index in [1.165, 1.54) is 6.42 Å². The lowest BCUT2D eigenvalue weighted by atomic mass is 9.62. The number of hydrogen-bond acceptors (Lipinski definition) is 4. The summed E-state index contributed by atoms with van der Waals surface area (Å²) in [6, 6.07) is 5.18. The van der Waals surface area contributed by atoms with Crippen molar-refractivity contribution in [2.75, 3.05) is 20.2 Å². The minimum atomic E-state index is -0.0271. The third-order valence-corrected chi connectivity index (χ3v) is 6.21. The zero-order valence-electron chi connectivity index (χ0n) is 15.1. The maximum atomic E-state index is 13.2. The van der Waals surface area contributed by atoms with Crippen LogP contribution in [0.2, 0.25) is 5.02 Å². The van der Waals surface area contributed by atoms with Gasteiger partial charge in [-0.2, -0.15) is 0 Å². The minimum Gasteiger partial charge on any atom is -0.496 e. The predicted octanol–water partition coefficient (Wildman–Crippen LogP) is 3.37. The zero-order valence-corrected chi connectivity index (χ0v) is 15.9. The lowest BCUT2D eigenvalue weighted by Crippen LogP contribution is -2.38. The third-order valence-electron chi connectivity index (χ3n) is 5.97. The first-order valence-corrected chi connectivity index (χ1v) is 9.46. The SMILES string of the molecule is CCn1cnnc1C1CN(C(=O)c2cc(Cl)ccc2OC)CC12CCC2. The van der Waals surface area contributed by atoms with Crippen LogP contribution < -0.4 is 4.74 Å². The van der Waals surface area contributed by atoms with Gasteiger partial charge in [-0.1, -0.05) is 18.0 Å². The van der Waals surface area contributed by atoms with Gasteiger partial charge in [-0.25, -0.2) is 0 Å². The Labute approximate surface area is 158 Å². The van der Waals surface area contributed by atoms with Gasteiger partial charge in [0, 0.05) is 30.6 Å². The Morgan fingerprint density at radius 2 is 2.23 bits per heavy atom. The highest BCUT2D eigenvalue weighted by molar-refractivity contribution is 6.31. The van der Waals surface area contributed by atoms with Gasteiger partial charge >= 0.3 is 0 Å². The van der Waals surface area contributed by atoms with E-state index in [4.69, 9.17) is 16.3 Å². The quantitative estimate of drug-likeness (QED) is 0.823. The lowest BCUT2D eigenvalue weighted by Gasteiger charge is -2.42. The fourth-order valence-electron chi connectivity index (χ4n) is 4.41. The van der Waals surface area contributed by atoms with Gasteiger partial charge in [-0.15, -0.1) is 10.2 Å². The minimum absolute atomic E-state index is 0.0271. The number of methoxy groups -OCH3 is 1. The molecule has 0 N–H and O–H groups in total. The summed E-state index contributed by atoms with van der Waals surface area (Å²) in [4.78, 5) is 15.2. The third kappa shape index (κ3) is 2.67. The number of rotatable bonds is 4. The maximum Gasteiger partial charge on any atom is 0.257 e. The van der Waals surface area contributed by atoms with Crippen LogP contribution in [0.1, 0.15) is 48.3 Å². The summed E-state index contributed by atoms with van der Waals surface area (Å²) in [5, 5.41) is 9.03. The summed E-state index contributed by atoms with van der Waals surface area (Å²) in [7, 11) is 1.57. The number of likely N-dealkylation sites (tertiary alicyclic amines) is 1. The van der Waals surface area contributed by atoms with Crippen molar-refractivity contribution in [3.8, 4) is 5.75 Å². The maximum absolute atomic E-state index is 13.2. The second kappa shape index (κ2) is 6.58. The van der Waals surface area contributed by atoms with Crippen molar-refractivity contribution in [2.24, 2.45) is 5.41 Å². The Morgan fingerprint density at radius 1 is 1.42 bits per heavy atom. The molecule has 1 atom stereocenters. The molecule has 6 nitrogen and oxygen atoms in total. The molecule has 7 heteroatoms. The summed E-state index contributed by atoms with van der Waals surface area (Å²) in [6.07, 6.45) is 5.25. The van der Waals surface area contributed by atoms with Gasteiger partial charge in [0.05, 0.1) is 12.7 Å². The van der Waals surface area contributed by atoms with Gasteiger partial charge < -0.3 is 14.2 Å². The molecule has 1 spiro atoms. The van der Waals surface area contributed by atoms with Crippen LogP contribution in [0.15, 0.2) is 24.5 Å². The Kier molecular flexibility index (Phi) is 4.39. The average molecular weight is 375 g/mol. The van der Waals surface area contributed by atoms with Crippen molar-refractivity contribution in [1.29, 1.82) is 0 Å². The molecule has 1 saturated carbocycles. The highest BCUT2D eigenvalue weighted by Gasteiger charge is 2.53. The Hall–Kier alpha value is -2.08. The molecule has 1 aliphatic carbocycles. The molecular formula is C19H23ClN4O2. The molecule has 1 aromatic carbocycles. The lowest BCUT2D eigenvalue weighted by molar-refractivity contribution is 0.0720. The number of amides is 1. The average Bonchev–Trinajstić information content (AvgIpc) is 3.24. The molecule has 1 unspecified atom stereocenters. The van der Waals surface area contributed by atoms with Gasteiger partial charge in [-0.05, 0) is 43.4 Å². The number of benzene rings is 1. The number of nitrogens with zero attached hydrogens (tertiary/aromatic N) is 4. The normalized spacial score (nSPS) is 21.0. The van der Waals surface area contributed by atoms with Gasteiger partial charge in [0.2, 0.25) is 0 Å². The second-order valence-electron chi connectivity index (χ2n) is 7.27. The van der Waals surface area contributed by atoms with Crippen LogP contribution in [0.5, 0.6) is 5.75 Å². The molecule has 2 heterocycles. The molecule has 2 fully saturated rings. The van der Waals surface area contributed by atoms with Gasteiger partial charge in [0.25, 0.3) is 5.91 Å². The zero-order chi connectivity index (χ0) is 18.3. The van der Waals surface area contributed by atoms with Crippen LogP contribution in [0.3, 0.4) is 0 Å². The number of carbonyl (C=O) groups is 1. The summed E-state index contributed by atoms with van der Waals surface area (Å²) in [5.41, 5.74) is 0.647. The highest BCUT2D eigenvalue weighted by atomic mass is 35.5. The van der Waals surface area contributed by atoms with E-state index in [2.05, 4.69) is 21.7 Å². The van der Waals surface area contributed by atoms with E-state index in [9.17, 15) is 4.79 Å². The first kappa shape index (κ1) is 17.3. The number of carbonyl (C=O) groups excluding carboxylic acids is 1. The number of ether oxygens (including phenoxy) is 1. The molecule has 1 aliphatic heterocycles. The van der Waals surface area contributed by atoms with Crippen molar-refractivity contribution in [3.63, 3.8) is 0 Å². The number of halogens is 1. The van der Waals surface area contributed by atoms with Crippen molar-refractivity contribution in [2.45, 2.75) is 38.6 Å². The largest absolute Gasteiger partial charge is 0.496 e. The first-order chi connectivity index (χ1) is 12.6. The van der Waals surface area contributed by atoms with Gasteiger partial charge in [0.1, 0.15) is 17.9 Å².